The fraction of sp³-hybridized carbons (Fsp3) is 0.576. The zero-order chi connectivity index (χ0) is 29.1. The average molecular weight is 562 g/mol. The topological polar surface area (TPSA) is 93.3 Å². The molecule has 2 fully saturated rings. The molecule has 41 heavy (non-hydrogen) atoms. The minimum Gasteiger partial charge on any atom is -0.391 e. The van der Waals surface area contributed by atoms with Gasteiger partial charge in [0.05, 0.1) is 17.4 Å². The van der Waals surface area contributed by atoms with Crippen LogP contribution in [0.25, 0.3) is 0 Å². The van der Waals surface area contributed by atoms with E-state index in [4.69, 9.17) is 5.73 Å². The van der Waals surface area contributed by atoms with Gasteiger partial charge in [0, 0.05) is 57.4 Å². The van der Waals surface area contributed by atoms with E-state index in [-0.39, 0.29) is 18.4 Å². The Balaban J connectivity index is 1.23. The number of carbonyl (C=O) groups is 2. The summed E-state index contributed by atoms with van der Waals surface area (Å²) in [6.45, 7) is 6.36. The predicted molar refractivity (Wildman–Crippen MR) is 163 cm³/mol. The molecule has 1 aliphatic carbocycles. The molecule has 0 radical (unpaired) electrons. The lowest BCUT2D eigenvalue weighted by atomic mass is 9.60. The molecule has 1 saturated carbocycles. The molecule has 5 rings (SSSR count). The summed E-state index contributed by atoms with van der Waals surface area (Å²) in [5.41, 5.74) is 10.6. The zero-order valence-corrected chi connectivity index (χ0v) is 25.0. The molecule has 2 heterocycles. The minimum atomic E-state index is -0.631. The van der Waals surface area contributed by atoms with Crippen LogP contribution in [-0.2, 0) is 13.0 Å². The molecule has 1 unspecified atom stereocenters. The molecule has 0 aromatic heterocycles. The minimum absolute atomic E-state index is 0.0592. The number of piperidine rings is 1. The number of anilines is 1. The second kappa shape index (κ2) is 12.5. The number of fused-ring (bicyclic) bond motifs is 1. The maximum absolute atomic E-state index is 13.6. The van der Waals surface area contributed by atoms with E-state index in [2.05, 4.69) is 36.9 Å². The van der Waals surface area contributed by atoms with E-state index in [9.17, 15) is 14.7 Å². The highest BCUT2D eigenvalue weighted by atomic mass is 16.3. The average Bonchev–Trinajstić information content (AvgIpc) is 3.10. The first-order valence-electron chi connectivity index (χ1n) is 15.3. The van der Waals surface area contributed by atoms with Crippen molar-refractivity contribution in [3.63, 3.8) is 0 Å². The molecule has 1 saturated heterocycles. The predicted octanol–water partition coefficient (Wildman–Crippen LogP) is 3.37. The first-order valence-corrected chi connectivity index (χ1v) is 15.3. The van der Waals surface area contributed by atoms with Crippen molar-refractivity contribution < 1.29 is 14.7 Å². The van der Waals surface area contributed by atoms with Crippen molar-refractivity contribution in [2.45, 2.75) is 64.1 Å². The maximum Gasteiger partial charge on any atom is 0.256 e. The van der Waals surface area contributed by atoms with E-state index in [1.165, 1.54) is 12.8 Å². The van der Waals surface area contributed by atoms with Gasteiger partial charge in [-0.2, -0.15) is 0 Å². The van der Waals surface area contributed by atoms with Crippen LogP contribution in [0.15, 0.2) is 42.5 Å². The molecule has 8 heteroatoms. The number of aliphatic hydroxyl groups is 1. The summed E-state index contributed by atoms with van der Waals surface area (Å²) in [4.78, 5) is 35.5. The number of benzene rings is 2. The summed E-state index contributed by atoms with van der Waals surface area (Å²) >= 11 is 0. The van der Waals surface area contributed by atoms with Gasteiger partial charge < -0.3 is 30.4 Å². The van der Waals surface area contributed by atoms with Crippen LogP contribution in [0.3, 0.4) is 0 Å². The van der Waals surface area contributed by atoms with Gasteiger partial charge in [0.1, 0.15) is 0 Å². The summed E-state index contributed by atoms with van der Waals surface area (Å²) < 4.78 is 0. The Hall–Kier alpha value is -2.94. The summed E-state index contributed by atoms with van der Waals surface area (Å²) in [5, 5.41) is 10.9. The van der Waals surface area contributed by atoms with Crippen LogP contribution in [0.4, 0.5) is 5.69 Å². The van der Waals surface area contributed by atoms with Crippen molar-refractivity contribution in [1.82, 2.24) is 14.7 Å². The molecule has 8 nitrogen and oxygen atoms in total. The summed E-state index contributed by atoms with van der Waals surface area (Å²) in [5.74, 6) is -0.0272. The standard InChI is InChI=1S/C33H47N5O3/c1-4-36-17-18-38(23-28(39)11-9-24-7-5-6-8-26(24)22-34)32(41)29-12-10-25(19-30(29)36)31(40)37-15-13-33(14-16-37)20-27(21-33)35(2)3/h5-8,10,12,19,27-28,39H,4,9,11,13-18,20-23,34H2,1-3H3. The molecule has 1 spiro atoms. The number of amides is 2. The molecule has 3 aliphatic rings. The van der Waals surface area contributed by atoms with Gasteiger partial charge in [-0.15, -0.1) is 0 Å². The lowest BCUT2D eigenvalue weighted by Gasteiger charge is -2.54. The number of carbonyl (C=O) groups excluding carboxylic acids is 2. The third-order valence-electron chi connectivity index (χ3n) is 9.82. The molecular formula is C33H47N5O3. The van der Waals surface area contributed by atoms with Crippen molar-refractivity contribution in [2.24, 2.45) is 11.1 Å². The highest BCUT2D eigenvalue weighted by Crippen LogP contribution is 2.50. The maximum atomic E-state index is 13.6. The zero-order valence-electron chi connectivity index (χ0n) is 25.0. The van der Waals surface area contributed by atoms with Crippen molar-refractivity contribution in [3.8, 4) is 0 Å². The van der Waals surface area contributed by atoms with Crippen molar-refractivity contribution in [1.29, 1.82) is 0 Å². The monoisotopic (exact) mass is 561 g/mol. The fourth-order valence-corrected chi connectivity index (χ4v) is 6.99. The van der Waals surface area contributed by atoms with Gasteiger partial charge in [0.15, 0.2) is 0 Å². The molecule has 2 aliphatic heterocycles. The fourth-order valence-electron chi connectivity index (χ4n) is 6.99. The van der Waals surface area contributed by atoms with E-state index < -0.39 is 6.10 Å². The van der Waals surface area contributed by atoms with E-state index in [0.717, 1.165) is 49.3 Å². The van der Waals surface area contributed by atoms with Crippen molar-refractivity contribution >= 4 is 17.5 Å². The van der Waals surface area contributed by atoms with Gasteiger partial charge in [-0.1, -0.05) is 24.3 Å². The number of aryl methyl sites for hydroxylation is 1. The van der Waals surface area contributed by atoms with Crippen LogP contribution in [0.2, 0.25) is 0 Å². The van der Waals surface area contributed by atoms with Crippen LogP contribution in [0.1, 0.15) is 70.9 Å². The molecule has 222 valence electrons. The lowest BCUT2D eigenvalue weighted by molar-refractivity contribution is -0.0231. The van der Waals surface area contributed by atoms with Gasteiger partial charge in [-0.05, 0) is 94.3 Å². The highest BCUT2D eigenvalue weighted by molar-refractivity contribution is 6.03. The van der Waals surface area contributed by atoms with Crippen LogP contribution in [0.5, 0.6) is 0 Å². The first kappa shape index (κ1) is 29.5. The third kappa shape index (κ3) is 6.30. The van der Waals surface area contributed by atoms with Gasteiger partial charge in [-0.25, -0.2) is 0 Å². The van der Waals surface area contributed by atoms with Crippen LogP contribution in [0, 0.1) is 5.41 Å². The van der Waals surface area contributed by atoms with Gasteiger partial charge in [0.25, 0.3) is 11.8 Å². The number of hydrogen-bond donors (Lipinski definition) is 2. The molecule has 0 bridgehead atoms. The van der Waals surface area contributed by atoms with E-state index >= 15 is 0 Å². The molecular weight excluding hydrogens is 514 g/mol. The normalized spacial score (nSPS) is 19.8. The van der Waals surface area contributed by atoms with Crippen LogP contribution < -0.4 is 10.6 Å². The number of nitrogens with two attached hydrogens (primary N) is 1. The highest BCUT2D eigenvalue weighted by Gasteiger charge is 2.47. The van der Waals surface area contributed by atoms with Gasteiger partial charge in [-0.3, -0.25) is 9.59 Å². The van der Waals surface area contributed by atoms with Crippen LogP contribution >= 0.6 is 0 Å². The second-order valence-corrected chi connectivity index (χ2v) is 12.5. The quantitative estimate of drug-likeness (QED) is 0.488. The van der Waals surface area contributed by atoms with E-state index in [1.807, 2.05) is 41.3 Å². The number of β-amino-alcohol motifs (C(OH)–C–C–N with tert-alkyl or cyclic N) is 1. The third-order valence-corrected chi connectivity index (χ3v) is 9.82. The number of nitrogens with zero attached hydrogens (tertiary/aromatic N) is 4. The van der Waals surface area contributed by atoms with Gasteiger partial charge >= 0.3 is 0 Å². The summed E-state index contributed by atoms with van der Waals surface area (Å²) in [7, 11) is 4.31. The first-order chi connectivity index (χ1) is 19.7. The molecule has 2 aromatic carbocycles. The number of aliphatic hydroxyl groups excluding tert-OH is 1. The Morgan fingerprint density at radius 1 is 1.05 bits per heavy atom. The molecule has 1 atom stereocenters. The summed E-state index contributed by atoms with van der Waals surface area (Å²) in [6.07, 6.45) is 5.26. The second-order valence-electron chi connectivity index (χ2n) is 12.5. The Kier molecular flexibility index (Phi) is 9.02. The van der Waals surface area contributed by atoms with Crippen LogP contribution in [-0.4, -0.2) is 97.1 Å². The summed E-state index contributed by atoms with van der Waals surface area (Å²) in [6, 6.07) is 14.3. The van der Waals surface area contributed by atoms with Crippen molar-refractivity contribution in [2.75, 3.05) is 58.3 Å². The number of likely N-dealkylation sites (N-methyl/N-ethyl adjacent to an activating group) is 1. The van der Waals surface area contributed by atoms with Crippen molar-refractivity contribution in [3.05, 3.63) is 64.7 Å². The largest absolute Gasteiger partial charge is 0.391 e. The molecule has 3 N–H and O–H groups in total. The Bertz CT molecular complexity index is 1230. The molecule has 2 aromatic rings. The number of hydrogen-bond acceptors (Lipinski definition) is 6. The molecule has 2 amide bonds. The van der Waals surface area contributed by atoms with E-state index in [0.29, 0.717) is 55.1 Å². The number of rotatable bonds is 9. The van der Waals surface area contributed by atoms with Gasteiger partial charge in [0.2, 0.25) is 0 Å². The number of likely N-dealkylation sites (tertiary alicyclic amines) is 1. The smallest absolute Gasteiger partial charge is 0.256 e. The Morgan fingerprint density at radius 2 is 1.73 bits per heavy atom. The lowest BCUT2D eigenvalue weighted by Crippen LogP contribution is -2.54. The Morgan fingerprint density at radius 3 is 2.39 bits per heavy atom. The Labute approximate surface area is 245 Å². The van der Waals surface area contributed by atoms with E-state index in [1.54, 1.807) is 4.90 Å². The SMILES string of the molecule is CCN1CCN(CC(O)CCc2ccccc2CN)C(=O)c2ccc(C(=O)N3CCC4(CC3)CC(N(C)C)C4)cc21.